The number of hydrogen-bond acceptors (Lipinski definition) is 6. The minimum absolute atomic E-state index is 0.0811. The molecule has 1 fully saturated rings. The molecule has 154 valence electrons. The predicted molar refractivity (Wildman–Crippen MR) is 109 cm³/mol. The number of amides is 2. The first-order valence-corrected chi connectivity index (χ1v) is 11.7. The molecule has 10 heteroatoms. The van der Waals surface area contributed by atoms with Gasteiger partial charge in [0.25, 0.3) is 11.8 Å². The zero-order valence-corrected chi connectivity index (χ0v) is 17.5. The van der Waals surface area contributed by atoms with Crippen molar-refractivity contribution >= 4 is 38.9 Å². The molecule has 2 aliphatic rings. The van der Waals surface area contributed by atoms with Crippen molar-refractivity contribution in [3.05, 3.63) is 40.6 Å². The minimum Gasteiger partial charge on any atom is -0.478 e. The standard InChI is InChI=1S/C19H21N3O5S2/c1-2-16-18(23)20-15-11-14(3-4-17(15)27-16)29(25,26)22-8-6-21(7-9-22)19(24)13-5-10-28-12-13/h3-5,10-12,16H,2,6-9H2,1H3,(H,20,23)/t16-/m0/s1. The number of nitrogens with one attached hydrogen (secondary N) is 1. The van der Waals surface area contributed by atoms with Crippen LogP contribution in [0.15, 0.2) is 39.9 Å². The van der Waals surface area contributed by atoms with Crippen molar-refractivity contribution in [3.63, 3.8) is 0 Å². The summed E-state index contributed by atoms with van der Waals surface area (Å²) in [6.07, 6.45) is -0.0431. The van der Waals surface area contributed by atoms with Gasteiger partial charge in [-0.3, -0.25) is 9.59 Å². The molecule has 1 N–H and O–H groups in total. The quantitative estimate of drug-likeness (QED) is 0.793. The second kappa shape index (κ2) is 7.77. The summed E-state index contributed by atoms with van der Waals surface area (Å²) in [6, 6.07) is 6.25. The van der Waals surface area contributed by atoms with Crippen LogP contribution in [-0.4, -0.2) is 61.7 Å². The maximum Gasteiger partial charge on any atom is 0.265 e. The topological polar surface area (TPSA) is 96.0 Å². The Kier molecular flexibility index (Phi) is 5.32. The van der Waals surface area contributed by atoms with E-state index in [1.165, 1.54) is 27.8 Å². The number of anilines is 1. The van der Waals surface area contributed by atoms with Gasteiger partial charge in [0.1, 0.15) is 5.75 Å². The van der Waals surface area contributed by atoms with Gasteiger partial charge in [0, 0.05) is 31.6 Å². The van der Waals surface area contributed by atoms with E-state index in [0.29, 0.717) is 36.5 Å². The van der Waals surface area contributed by atoms with E-state index in [-0.39, 0.29) is 29.8 Å². The number of thiophene rings is 1. The number of fused-ring (bicyclic) bond motifs is 1. The number of carbonyl (C=O) groups is 2. The first-order valence-electron chi connectivity index (χ1n) is 9.33. The average Bonchev–Trinajstić information content (AvgIpc) is 3.27. The fourth-order valence-electron chi connectivity index (χ4n) is 3.41. The molecule has 29 heavy (non-hydrogen) atoms. The van der Waals surface area contributed by atoms with Crippen molar-refractivity contribution < 1.29 is 22.7 Å². The molecule has 2 amide bonds. The van der Waals surface area contributed by atoms with E-state index in [1.807, 2.05) is 12.3 Å². The molecule has 0 unspecified atom stereocenters. The van der Waals surface area contributed by atoms with Crippen molar-refractivity contribution in [1.82, 2.24) is 9.21 Å². The van der Waals surface area contributed by atoms with E-state index >= 15 is 0 Å². The molecule has 0 radical (unpaired) electrons. The monoisotopic (exact) mass is 435 g/mol. The zero-order chi connectivity index (χ0) is 20.6. The summed E-state index contributed by atoms with van der Waals surface area (Å²) < 4.78 is 33.1. The van der Waals surface area contributed by atoms with Gasteiger partial charge in [0.15, 0.2) is 6.10 Å². The van der Waals surface area contributed by atoms with E-state index in [0.717, 1.165) is 0 Å². The Hall–Kier alpha value is -2.43. The summed E-state index contributed by atoms with van der Waals surface area (Å²) in [6.45, 7) is 2.94. The fourth-order valence-corrected chi connectivity index (χ4v) is 5.49. The smallest absolute Gasteiger partial charge is 0.265 e. The van der Waals surface area contributed by atoms with Gasteiger partial charge in [-0.1, -0.05) is 6.92 Å². The van der Waals surface area contributed by atoms with Crippen molar-refractivity contribution in [2.24, 2.45) is 0 Å². The number of hydrogen-bond donors (Lipinski definition) is 1. The highest BCUT2D eigenvalue weighted by Gasteiger charge is 2.32. The molecule has 1 aromatic carbocycles. The van der Waals surface area contributed by atoms with Crippen LogP contribution in [0.25, 0.3) is 0 Å². The lowest BCUT2D eigenvalue weighted by atomic mass is 10.2. The summed E-state index contributed by atoms with van der Waals surface area (Å²) in [7, 11) is -3.74. The number of piperazine rings is 1. The minimum atomic E-state index is -3.74. The molecule has 1 saturated heterocycles. The molecule has 2 aliphatic heterocycles. The third-order valence-corrected chi connectivity index (χ3v) is 7.65. The van der Waals surface area contributed by atoms with E-state index in [2.05, 4.69) is 5.32 Å². The first kappa shape index (κ1) is 19.9. The van der Waals surface area contributed by atoms with Crippen molar-refractivity contribution in [2.45, 2.75) is 24.3 Å². The fraction of sp³-hybridized carbons (Fsp3) is 0.368. The highest BCUT2D eigenvalue weighted by atomic mass is 32.2. The molecule has 1 atom stereocenters. The molecule has 0 spiro atoms. The van der Waals surface area contributed by atoms with Crippen LogP contribution in [0.2, 0.25) is 0 Å². The molecule has 4 rings (SSSR count). The molecule has 8 nitrogen and oxygen atoms in total. The van der Waals surface area contributed by atoms with Crippen LogP contribution in [0, 0.1) is 0 Å². The van der Waals surface area contributed by atoms with E-state index in [1.54, 1.807) is 22.4 Å². The number of carbonyl (C=O) groups excluding carboxylic acids is 2. The van der Waals surface area contributed by atoms with Gasteiger partial charge in [-0.15, -0.1) is 0 Å². The molecule has 0 bridgehead atoms. The Labute approximate surface area is 173 Å². The predicted octanol–water partition coefficient (Wildman–Crippen LogP) is 2.00. The molecule has 0 aliphatic carbocycles. The van der Waals surface area contributed by atoms with Gasteiger partial charge in [0.2, 0.25) is 10.0 Å². The molecule has 0 saturated carbocycles. The van der Waals surface area contributed by atoms with Gasteiger partial charge >= 0.3 is 0 Å². The van der Waals surface area contributed by atoms with E-state index < -0.39 is 16.1 Å². The van der Waals surface area contributed by atoms with Crippen molar-refractivity contribution in [2.75, 3.05) is 31.5 Å². The Bertz CT molecular complexity index is 1030. The Morgan fingerprint density at radius 2 is 2.00 bits per heavy atom. The normalized spacial score (nSPS) is 20.0. The maximum atomic E-state index is 13.1. The number of nitrogens with zero attached hydrogens (tertiary/aromatic N) is 2. The lowest BCUT2D eigenvalue weighted by Crippen LogP contribution is -2.50. The highest BCUT2D eigenvalue weighted by Crippen LogP contribution is 2.33. The summed E-state index contributed by atoms with van der Waals surface area (Å²) in [5.74, 6) is 0.0964. The van der Waals surface area contributed by atoms with Crippen LogP contribution in [0.1, 0.15) is 23.7 Å². The Morgan fingerprint density at radius 3 is 2.66 bits per heavy atom. The summed E-state index contributed by atoms with van der Waals surface area (Å²) in [5.41, 5.74) is 0.981. The number of benzene rings is 1. The Morgan fingerprint density at radius 1 is 1.24 bits per heavy atom. The Balaban J connectivity index is 1.48. The number of ether oxygens (including phenoxy) is 1. The van der Waals surface area contributed by atoms with Crippen LogP contribution in [0.4, 0.5) is 5.69 Å². The molecule has 3 heterocycles. The second-order valence-electron chi connectivity index (χ2n) is 6.87. The van der Waals surface area contributed by atoms with Gasteiger partial charge in [0.05, 0.1) is 16.1 Å². The molecule has 2 aromatic rings. The lowest BCUT2D eigenvalue weighted by Gasteiger charge is -2.34. The zero-order valence-electron chi connectivity index (χ0n) is 15.8. The molecule has 1 aromatic heterocycles. The van der Waals surface area contributed by atoms with E-state index in [9.17, 15) is 18.0 Å². The number of rotatable bonds is 4. The van der Waals surface area contributed by atoms with Crippen LogP contribution in [0.3, 0.4) is 0 Å². The first-order chi connectivity index (χ1) is 13.9. The summed E-state index contributed by atoms with van der Waals surface area (Å²) in [4.78, 5) is 26.2. The third kappa shape index (κ3) is 3.75. The molecular formula is C19H21N3O5S2. The van der Waals surface area contributed by atoms with Gasteiger partial charge < -0.3 is 15.0 Å². The third-order valence-electron chi connectivity index (χ3n) is 5.07. The molecular weight excluding hydrogens is 414 g/mol. The second-order valence-corrected chi connectivity index (χ2v) is 9.59. The highest BCUT2D eigenvalue weighted by molar-refractivity contribution is 7.89. The van der Waals surface area contributed by atoms with Crippen LogP contribution in [0.5, 0.6) is 5.75 Å². The van der Waals surface area contributed by atoms with Gasteiger partial charge in [-0.05, 0) is 36.1 Å². The van der Waals surface area contributed by atoms with Gasteiger partial charge in [-0.2, -0.15) is 15.6 Å². The number of sulfonamides is 1. The largest absolute Gasteiger partial charge is 0.478 e. The lowest BCUT2D eigenvalue weighted by molar-refractivity contribution is -0.123. The van der Waals surface area contributed by atoms with Gasteiger partial charge in [-0.25, -0.2) is 8.42 Å². The maximum absolute atomic E-state index is 13.1. The van der Waals surface area contributed by atoms with Crippen molar-refractivity contribution in [1.29, 1.82) is 0 Å². The SMILES string of the molecule is CC[C@@H]1Oc2ccc(S(=O)(=O)N3CCN(C(=O)c4ccsc4)CC3)cc2NC1=O. The summed E-state index contributed by atoms with van der Waals surface area (Å²) in [5, 5.41) is 6.35. The van der Waals surface area contributed by atoms with Crippen molar-refractivity contribution in [3.8, 4) is 5.75 Å². The summed E-state index contributed by atoms with van der Waals surface area (Å²) >= 11 is 1.45. The van der Waals surface area contributed by atoms with Crippen LogP contribution >= 0.6 is 11.3 Å². The average molecular weight is 436 g/mol. The van der Waals surface area contributed by atoms with Crippen LogP contribution < -0.4 is 10.1 Å². The van der Waals surface area contributed by atoms with Crippen LogP contribution in [-0.2, 0) is 14.8 Å². The van der Waals surface area contributed by atoms with E-state index in [4.69, 9.17) is 4.74 Å².